The monoisotopic (exact) mass is 456 g/mol. The lowest BCUT2D eigenvalue weighted by Gasteiger charge is -2.07. The van der Waals surface area contributed by atoms with Crippen molar-refractivity contribution in [2.75, 3.05) is 0 Å². The summed E-state index contributed by atoms with van der Waals surface area (Å²) in [5.41, 5.74) is 4.09. The molecule has 28 heavy (non-hydrogen) atoms. The molecule has 0 fully saturated rings. The van der Waals surface area contributed by atoms with Gasteiger partial charge >= 0.3 is 0 Å². The fourth-order valence-corrected chi connectivity index (χ4v) is 4.31. The summed E-state index contributed by atoms with van der Waals surface area (Å²) in [4.78, 5) is 33.2. The highest BCUT2D eigenvalue weighted by molar-refractivity contribution is 7.18. The van der Waals surface area contributed by atoms with Gasteiger partial charge in [-0.3, -0.25) is 9.59 Å². The summed E-state index contributed by atoms with van der Waals surface area (Å²) >= 11 is 19.5. The molecular weight excluding hydrogens is 443 g/mol. The molecule has 0 atom stereocenters. The highest BCUT2D eigenvalue weighted by atomic mass is 35.5. The Balaban J connectivity index is 1.77. The van der Waals surface area contributed by atoms with Crippen LogP contribution in [0.15, 0.2) is 22.0 Å². The highest BCUT2D eigenvalue weighted by Crippen LogP contribution is 2.32. The van der Waals surface area contributed by atoms with E-state index in [2.05, 4.69) is 20.5 Å². The molecule has 0 saturated carbocycles. The molecule has 0 unspecified atom stereocenters. The van der Waals surface area contributed by atoms with Crippen LogP contribution in [-0.2, 0) is 11.2 Å². The molecule has 3 rings (SSSR count). The van der Waals surface area contributed by atoms with Crippen LogP contribution in [-0.4, -0.2) is 21.6 Å². The third-order valence-electron chi connectivity index (χ3n) is 4.19. The Bertz CT molecular complexity index is 1180. The molecular formula is C18H15Cl3N4O2S. The normalized spacial score (nSPS) is 11.9. The summed E-state index contributed by atoms with van der Waals surface area (Å²) < 4.78 is 0. The van der Waals surface area contributed by atoms with Crippen LogP contribution in [0.5, 0.6) is 0 Å². The minimum absolute atomic E-state index is 0.118. The van der Waals surface area contributed by atoms with Crippen LogP contribution in [0.25, 0.3) is 10.2 Å². The van der Waals surface area contributed by atoms with Gasteiger partial charge in [0.2, 0.25) is 5.91 Å². The molecule has 3 aromatic rings. The average molecular weight is 458 g/mol. The van der Waals surface area contributed by atoms with Crippen LogP contribution in [0.2, 0.25) is 15.1 Å². The van der Waals surface area contributed by atoms with Gasteiger partial charge in [0.1, 0.15) is 10.7 Å². The second-order valence-corrected chi connectivity index (χ2v) is 8.47. The van der Waals surface area contributed by atoms with Gasteiger partial charge in [0.15, 0.2) is 0 Å². The Morgan fingerprint density at radius 2 is 1.96 bits per heavy atom. The number of aromatic amines is 1. The van der Waals surface area contributed by atoms with E-state index in [0.717, 1.165) is 10.4 Å². The number of thiophene rings is 1. The van der Waals surface area contributed by atoms with Crippen LogP contribution in [0.4, 0.5) is 0 Å². The SMILES string of the molecule is C/C(=N\NC(=O)Cc1nc2sc(C)c(C)c2c(=O)[nH]1)c1ccc(Cl)c(Cl)c1Cl. The minimum Gasteiger partial charge on any atom is -0.309 e. The Morgan fingerprint density at radius 3 is 2.68 bits per heavy atom. The first-order chi connectivity index (χ1) is 13.2. The summed E-state index contributed by atoms with van der Waals surface area (Å²) in [6.07, 6.45) is -0.118. The van der Waals surface area contributed by atoms with Crippen LogP contribution < -0.4 is 11.0 Å². The second kappa shape index (κ2) is 8.21. The number of hydrazone groups is 1. The van der Waals surface area contributed by atoms with E-state index in [0.29, 0.717) is 26.5 Å². The first kappa shape index (κ1) is 20.8. The molecule has 0 aliphatic heterocycles. The fourth-order valence-electron chi connectivity index (χ4n) is 2.59. The van der Waals surface area contributed by atoms with Gasteiger partial charge in [-0.2, -0.15) is 5.10 Å². The zero-order chi connectivity index (χ0) is 20.6. The molecule has 1 aromatic carbocycles. The lowest BCUT2D eigenvalue weighted by molar-refractivity contribution is -0.120. The molecule has 2 aromatic heterocycles. The molecule has 2 N–H and O–H groups in total. The predicted molar refractivity (Wildman–Crippen MR) is 115 cm³/mol. The smallest absolute Gasteiger partial charge is 0.259 e. The zero-order valence-electron chi connectivity index (χ0n) is 15.1. The number of hydrogen-bond donors (Lipinski definition) is 2. The minimum atomic E-state index is -0.428. The molecule has 0 bridgehead atoms. The van der Waals surface area contributed by atoms with E-state index in [-0.39, 0.29) is 27.8 Å². The summed E-state index contributed by atoms with van der Waals surface area (Å²) in [6, 6.07) is 3.26. The number of aryl methyl sites for hydroxylation is 2. The summed E-state index contributed by atoms with van der Waals surface area (Å²) in [7, 11) is 0. The molecule has 6 nitrogen and oxygen atoms in total. The maximum atomic E-state index is 12.3. The van der Waals surface area contributed by atoms with Crippen molar-refractivity contribution in [2.45, 2.75) is 27.2 Å². The largest absolute Gasteiger partial charge is 0.309 e. The van der Waals surface area contributed by atoms with E-state index >= 15 is 0 Å². The number of aromatic nitrogens is 2. The summed E-state index contributed by atoms with van der Waals surface area (Å²) in [5.74, 6) is -0.153. The van der Waals surface area contributed by atoms with E-state index in [1.54, 1.807) is 19.1 Å². The molecule has 0 aliphatic rings. The molecule has 10 heteroatoms. The van der Waals surface area contributed by atoms with E-state index in [4.69, 9.17) is 34.8 Å². The number of H-pyrrole nitrogens is 1. The Morgan fingerprint density at radius 1 is 1.25 bits per heavy atom. The molecule has 2 heterocycles. The average Bonchev–Trinajstić information content (AvgIpc) is 2.92. The number of nitrogens with one attached hydrogen (secondary N) is 2. The Hall–Kier alpha value is -1.93. The van der Waals surface area contributed by atoms with Gasteiger partial charge in [-0.25, -0.2) is 10.4 Å². The van der Waals surface area contributed by atoms with Crippen LogP contribution in [0.3, 0.4) is 0 Å². The lowest BCUT2D eigenvalue weighted by atomic mass is 10.1. The molecule has 1 amide bonds. The number of rotatable bonds is 4. The van der Waals surface area contributed by atoms with Gasteiger partial charge in [0.25, 0.3) is 5.56 Å². The van der Waals surface area contributed by atoms with Gasteiger partial charge in [0, 0.05) is 10.4 Å². The van der Waals surface area contributed by atoms with Crippen molar-refractivity contribution in [1.29, 1.82) is 0 Å². The van der Waals surface area contributed by atoms with Crippen molar-refractivity contribution in [1.82, 2.24) is 15.4 Å². The zero-order valence-corrected chi connectivity index (χ0v) is 18.2. The molecule has 146 valence electrons. The Kier molecular flexibility index (Phi) is 6.09. The standard InChI is InChI=1S/C18H15Cl3N4O2S/c1-7-9(3)28-18-14(7)17(27)22-12(23-18)6-13(26)25-24-8(2)10-4-5-11(19)16(21)15(10)20/h4-5H,6H2,1-3H3,(H,25,26)(H,22,23,27)/b24-8+. The number of hydrogen-bond acceptors (Lipinski definition) is 5. The fraction of sp³-hybridized carbons (Fsp3) is 0.222. The third-order valence-corrected chi connectivity index (χ3v) is 6.58. The molecule has 0 saturated heterocycles. The number of amides is 1. The molecule has 0 aliphatic carbocycles. The van der Waals surface area contributed by atoms with Gasteiger partial charge in [-0.15, -0.1) is 11.3 Å². The van der Waals surface area contributed by atoms with Crippen molar-refractivity contribution < 1.29 is 4.79 Å². The maximum Gasteiger partial charge on any atom is 0.259 e. The number of benzene rings is 1. The second-order valence-electron chi connectivity index (χ2n) is 6.11. The topological polar surface area (TPSA) is 87.2 Å². The van der Waals surface area contributed by atoms with Crippen molar-refractivity contribution >= 4 is 68.0 Å². The first-order valence-electron chi connectivity index (χ1n) is 8.15. The van der Waals surface area contributed by atoms with Gasteiger partial charge < -0.3 is 4.98 Å². The van der Waals surface area contributed by atoms with Crippen molar-refractivity contribution in [2.24, 2.45) is 5.10 Å². The van der Waals surface area contributed by atoms with Crippen molar-refractivity contribution in [3.63, 3.8) is 0 Å². The van der Waals surface area contributed by atoms with E-state index in [1.165, 1.54) is 11.3 Å². The van der Waals surface area contributed by atoms with Crippen molar-refractivity contribution in [3.05, 3.63) is 59.4 Å². The third kappa shape index (κ3) is 4.07. The number of carbonyl (C=O) groups is 1. The predicted octanol–water partition coefficient (Wildman–Crippen LogP) is 4.64. The number of fused-ring (bicyclic) bond motifs is 1. The van der Waals surface area contributed by atoms with Gasteiger partial charge in [-0.05, 0) is 32.4 Å². The molecule has 0 radical (unpaired) electrons. The van der Waals surface area contributed by atoms with Crippen molar-refractivity contribution in [3.8, 4) is 0 Å². The number of carbonyl (C=O) groups excluding carboxylic acids is 1. The summed E-state index contributed by atoms with van der Waals surface area (Å²) in [5, 5.41) is 5.41. The Labute approximate surface area is 179 Å². The van der Waals surface area contributed by atoms with Crippen LogP contribution in [0.1, 0.15) is 28.8 Å². The van der Waals surface area contributed by atoms with Gasteiger partial charge in [0.05, 0.1) is 32.6 Å². The summed E-state index contributed by atoms with van der Waals surface area (Å²) in [6.45, 7) is 5.48. The van der Waals surface area contributed by atoms with Crippen LogP contribution in [0, 0.1) is 13.8 Å². The highest BCUT2D eigenvalue weighted by Gasteiger charge is 2.14. The van der Waals surface area contributed by atoms with E-state index in [9.17, 15) is 9.59 Å². The van der Waals surface area contributed by atoms with Crippen LogP contribution >= 0.6 is 46.1 Å². The quantitative estimate of drug-likeness (QED) is 0.340. The number of nitrogens with zero attached hydrogens (tertiary/aromatic N) is 2. The van der Waals surface area contributed by atoms with E-state index in [1.807, 2.05) is 13.8 Å². The van der Waals surface area contributed by atoms with Gasteiger partial charge in [-0.1, -0.05) is 40.9 Å². The number of halogens is 3. The first-order valence-corrected chi connectivity index (χ1v) is 10.1. The maximum absolute atomic E-state index is 12.3. The van der Waals surface area contributed by atoms with E-state index < -0.39 is 5.91 Å². The molecule has 0 spiro atoms. The lowest BCUT2D eigenvalue weighted by Crippen LogP contribution is -2.24.